The van der Waals surface area contributed by atoms with E-state index in [0.29, 0.717) is 5.41 Å². The van der Waals surface area contributed by atoms with Gasteiger partial charge in [0.15, 0.2) is 0 Å². The van der Waals surface area contributed by atoms with Gasteiger partial charge >= 0.3 is 0 Å². The van der Waals surface area contributed by atoms with Gasteiger partial charge in [-0.05, 0) is 43.2 Å². The van der Waals surface area contributed by atoms with Gasteiger partial charge in [-0.2, -0.15) is 0 Å². The average molecular weight is 247 g/mol. The lowest BCUT2D eigenvalue weighted by Crippen LogP contribution is -2.36. The monoisotopic (exact) mass is 247 g/mol. The highest BCUT2D eigenvalue weighted by Crippen LogP contribution is 2.28. The van der Waals surface area contributed by atoms with Crippen LogP contribution in [0.3, 0.4) is 0 Å². The van der Waals surface area contributed by atoms with Gasteiger partial charge in [-0.1, -0.05) is 30.7 Å². The predicted octanol–water partition coefficient (Wildman–Crippen LogP) is 3.21. The van der Waals surface area contributed by atoms with Crippen LogP contribution in [0.2, 0.25) is 0 Å². The van der Waals surface area contributed by atoms with Crippen LogP contribution in [0.5, 0.6) is 0 Å². The van der Waals surface area contributed by atoms with Gasteiger partial charge in [0, 0.05) is 26.3 Å². The molecule has 0 saturated carbocycles. The first-order valence-corrected chi connectivity index (χ1v) is 6.94. The summed E-state index contributed by atoms with van der Waals surface area (Å²) >= 11 is 0. The van der Waals surface area contributed by atoms with E-state index >= 15 is 0 Å². The Hall–Kier alpha value is -0.860. The quantitative estimate of drug-likeness (QED) is 0.882. The van der Waals surface area contributed by atoms with Crippen molar-refractivity contribution in [3.63, 3.8) is 0 Å². The Morgan fingerprint density at radius 2 is 1.94 bits per heavy atom. The molecule has 18 heavy (non-hydrogen) atoms. The summed E-state index contributed by atoms with van der Waals surface area (Å²) in [5.74, 6) is 0. The lowest BCUT2D eigenvalue weighted by Gasteiger charge is -2.33. The third kappa shape index (κ3) is 3.56. The van der Waals surface area contributed by atoms with Crippen LogP contribution in [0, 0.1) is 19.3 Å². The fourth-order valence-electron chi connectivity index (χ4n) is 2.53. The summed E-state index contributed by atoms with van der Waals surface area (Å²) in [6, 6.07) is 6.68. The van der Waals surface area contributed by atoms with E-state index in [0.717, 1.165) is 26.3 Å². The minimum atomic E-state index is 0.413. The second-order valence-electron chi connectivity index (χ2n) is 5.96. The molecule has 0 unspecified atom stereocenters. The second kappa shape index (κ2) is 5.85. The largest absolute Gasteiger partial charge is 0.381 e. The number of aryl methyl sites for hydroxylation is 2. The van der Waals surface area contributed by atoms with Crippen molar-refractivity contribution >= 4 is 0 Å². The van der Waals surface area contributed by atoms with Crippen molar-refractivity contribution < 1.29 is 4.74 Å². The molecular formula is C16H25NO. The molecule has 0 atom stereocenters. The van der Waals surface area contributed by atoms with Crippen molar-refractivity contribution in [3.05, 3.63) is 34.9 Å². The molecule has 0 aliphatic carbocycles. The zero-order chi connectivity index (χ0) is 13.0. The Morgan fingerprint density at radius 1 is 1.22 bits per heavy atom. The van der Waals surface area contributed by atoms with Gasteiger partial charge in [-0.15, -0.1) is 0 Å². The Kier molecular flexibility index (Phi) is 4.41. The highest BCUT2D eigenvalue weighted by molar-refractivity contribution is 5.30. The Bertz CT molecular complexity index is 394. The molecule has 1 heterocycles. The summed E-state index contributed by atoms with van der Waals surface area (Å²) < 4.78 is 5.44. The zero-order valence-electron chi connectivity index (χ0n) is 11.9. The predicted molar refractivity (Wildman–Crippen MR) is 75.8 cm³/mol. The first kappa shape index (κ1) is 13.6. The lowest BCUT2D eigenvalue weighted by atomic mass is 9.82. The molecule has 0 radical (unpaired) electrons. The van der Waals surface area contributed by atoms with Gasteiger partial charge in [-0.25, -0.2) is 0 Å². The van der Waals surface area contributed by atoms with E-state index in [1.54, 1.807) is 0 Å². The van der Waals surface area contributed by atoms with Gasteiger partial charge in [0.1, 0.15) is 0 Å². The van der Waals surface area contributed by atoms with Crippen LogP contribution in [0.15, 0.2) is 18.2 Å². The molecule has 2 rings (SSSR count). The van der Waals surface area contributed by atoms with Crippen molar-refractivity contribution in [2.45, 2.75) is 40.2 Å². The van der Waals surface area contributed by atoms with E-state index in [9.17, 15) is 0 Å². The summed E-state index contributed by atoms with van der Waals surface area (Å²) in [7, 11) is 0. The van der Waals surface area contributed by atoms with Gasteiger partial charge in [0.05, 0.1) is 0 Å². The number of ether oxygens (including phenoxy) is 1. The maximum Gasteiger partial charge on any atom is 0.0471 e. The first-order valence-electron chi connectivity index (χ1n) is 6.94. The Labute approximate surface area is 111 Å². The maximum absolute atomic E-state index is 5.44. The van der Waals surface area contributed by atoms with Gasteiger partial charge in [0.2, 0.25) is 0 Å². The number of nitrogens with one attached hydrogen (secondary N) is 1. The van der Waals surface area contributed by atoms with Crippen molar-refractivity contribution in [3.8, 4) is 0 Å². The topological polar surface area (TPSA) is 21.3 Å². The molecule has 1 saturated heterocycles. The molecular weight excluding hydrogens is 222 g/mol. The molecule has 1 fully saturated rings. The summed E-state index contributed by atoms with van der Waals surface area (Å²) in [6.07, 6.45) is 2.35. The van der Waals surface area contributed by atoms with Crippen LogP contribution in [-0.4, -0.2) is 19.8 Å². The van der Waals surface area contributed by atoms with E-state index in [4.69, 9.17) is 4.74 Å². The number of hydrogen-bond acceptors (Lipinski definition) is 2. The summed E-state index contributed by atoms with van der Waals surface area (Å²) in [5.41, 5.74) is 4.56. The van der Waals surface area contributed by atoms with E-state index < -0.39 is 0 Å². The fraction of sp³-hybridized carbons (Fsp3) is 0.625. The Balaban J connectivity index is 1.86. The van der Waals surface area contributed by atoms with Crippen LogP contribution in [0.1, 0.15) is 36.5 Å². The SMILES string of the molecule is Cc1ccc(C)c(CNCC2(C)CCOCC2)c1. The van der Waals surface area contributed by atoms with Crippen molar-refractivity contribution in [1.29, 1.82) is 0 Å². The standard InChI is InChI=1S/C16H25NO/c1-13-4-5-14(2)15(10-13)11-17-12-16(3)6-8-18-9-7-16/h4-5,10,17H,6-9,11-12H2,1-3H3. The van der Waals surface area contributed by atoms with E-state index in [2.05, 4.69) is 44.3 Å². The third-order valence-electron chi connectivity index (χ3n) is 4.07. The van der Waals surface area contributed by atoms with Crippen molar-refractivity contribution in [2.75, 3.05) is 19.8 Å². The number of hydrogen-bond donors (Lipinski definition) is 1. The maximum atomic E-state index is 5.44. The summed E-state index contributed by atoms with van der Waals surface area (Å²) in [6.45, 7) is 10.6. The normalized spacial score (nSPS) is 18.8. The number of benzene rings is 1. The van der Waals surface area contributed by atoms with Crippen molar-refractivity contribution in [2.24, 2.45) is 5.41 Å². The second-order valence-corrected chi connectivity index (χ2v) is 5.96. The molecule has 0 aromatic heterocycles. The van der Waals surface area contributed by atoms with Crippen LogP contribution in [0.4, 0.5) is 0 Å². The first-order chi connectivity index (χ1) is 8.59. The zero-order valence-corrected chi connectivity index (χ0v) is 11.9. The summed E-state index contributed by atoms with van der Waals surface area (Å²) in [5, 5.41) is 3.62. The van der Waals surface area contributed by atoms with Crippen molar-refractivity contribution in [1.82, 2.24) is 5.32 Å². The number of rotatable bonds is 4. The van der Waals surface area contributed by atoms with Crippen LogP contribution < -0.4 is 5.32 Å². The minimum Gasteiger partial charge on any atom is -0.381 e. The molecule has 1 N–H and O–H groups in total. The molecule has 100 valence electrons. The fourth-order valence-corrected chi connectivity index (χ4v) is 2.53. The molecule has 1 aliphatic heterocycles. The molecule has 2 heteroatoms. The van der Waals surface area contributed by atoms with Crippen LogP contribution >= 0.6 is 0 Å². The molecule has 0 bridgehead atoms. The molecule has 1 aliphatic rings. The highest BCUT2D eigenvalue weighted by atomic mass is 16.5. The minimum absolute atomic E-state index is 0.413. The van der Waals surface area contributed by atoms with E-state index in [1.807, 2.05) is 0 Å². The molecule has 0 spiro atoms. The molecule has 1 aromatic carbocycles. The van der Waals surface area contributed by atoms with Gasteiger partial charge in [0.25, 0.3) is 0 Å². The third-order valence-corrected chi connectivity index (χ3v) is 4.07. The van der Waals surface area contributed by atoms with Gasteiger partial charge < -0.3 is 10.1 Å². The van der Waals surface area contributed by atoms with E-state index in [-0.39, 0.29) is 0 Å². The average Bonchev–Trinajstić information content (AvgIpc) is 2.34. The molecule has 1 aromatic rings. The lowest BCUT2D eigenvalue weighted by molar-refractivity contribution is 0.0240. The Morgan fingerprint density at radius 3 is 2.67 bits per heavy atom. The summed E-state index contributed by atoms with van der Waals surface area (Å²) in [4.78, 5) is 0. The highest BCUT2D eigenvalue weighted by Gasteiger charge is 2.26. The van der Waals surface area contributed by atoms with Crippen LogP contribution in [0.25, 0.3) is 0 Å². The van der Waals surface area contributed by atoms with Crippen LogP contribution in [-0.2, 0) is 11.3 Å². The molecule has 2 nitrogen and oxygen atoms in total. The molecule has 0 amide bonds. The van der Waals surface area contributed by atoms with Gasteiger partial charge in [-0.3, -0.25) is 0 Å². The smallest absolute Gasteiger partial charge is 0.0471 e. The van der Waals surface area contributed by atoms with E-state index in [1.165, 1.54) is 29.5 Å².